The first-order valence-electron chi connectivity index (χ1n) is 7.22. The zero-order valence-corrected chi connectivity index (χ0v) is 14.5. The van der Waals surface area contributed by atoms with Crippen LogP contribution in [0.5, 0.6) is 0 Å². The van der Waals surface area contributed by atoms with Crippen molar-refractivity contribution < 1.29 is 14.3 Å². The van der Waals surface area contributed by atoms with Crippen LogP contribution in [0.4, 0.5) is 0 Å². The number of rotatable bonds is 6. The second-order valence-electron chi connectivity index (χ2n) is 4.82. The first kappa shape index (κ1) is 17.7. The molecule has 0 aliphatic carbocycles. The molecule has 2 rings (SSSR count). The van der Waals surface area contributed by atoms with Gasteiger partial charge in [-0.05, 0) is 35.9 Å². The highest BCUT2D eigenvalue weighted by Gasteiger charge is 2.15. The van der Waals surface area contributed by atoms with Gasteiger partial charge in [0, 0.05) is 10.0 Å². The number of hydrogen-bond donors (Lipinski definition) is 1. The van der Waals surface area contributed by atoms with Gasteiger partial charge in [-0.1, -0.05) is 58.9 Å². The minimum absolute atomic E-state index is 0.0657. The molecule has 0 spiro atoms. The van der Waals surface area contributed by atoms with Crippen LogP contribution in [-0.4, -0.2) is 18.5 Å². The Morgan fingerprint density at radius 3 is 2.38 bits per heavy atom. The maximum absolute atomic E-state index is 12.3. The van der Waals surface area contributed by atoms with Crippen LogP contribution in [0.25, 0.3) is 6.08 Å². The number of halogens is 1. The van der Waals surface area contributed by atoms with E-state index in [1.807, 2.05) is 30.3 Å². The van der Waals surface area contributed by atoms with Crippen molar-refractivity contribution >= 4 is 33.9 Å². The molecule has 0 aliphatic rings. The third-order valence-electron chi connectivity index (χ3n) is 3.02. The Balaban J connectivity index is 2.23. The van der Waals surface area contributed by atoms with Crippen LogP contribution in [-0.2, 0) is 9.53 Å². The second-order valence-corrected chi connectivity index (χ2v) is 5.73. The Labute approximate surface area is 149 Å². The minimum Gasteiger partial charge on any atom is -0.457 e. The lowest BCUT2D eigenvalue weighted by Gasteiger charge is -2.10. The largest absolute Gasteiger partial charge is 0.457 e. The molecule has 0 saturated carbocycles. The summed E-state index contributed by atoms with van der Waals surface area (Å²) in [5.74, 6) is -1.01. The minimum atomic E-state index is -0.621. The van der Waals surface area contributed by atoms with E-state index in [1.54, 1.807) is 30.3 Å². The number of esters is 1. The zero-order valence-electron chi connectivity index (χ0n) is 12.9. The fraction of sp³-hybridized carbons (Fsp3) is 0.0526. The summed E-state index contributed by atoms with van der Waals surface area (Å²) in [6.07, 6.45) is 3.04. The fourth-order valence-electron chi connectivity index (χ4n) is 1.87. The van der Waals surface area contributed by atoms with Crippen molar-refractivity contribution in [1.29, 1.82) is 0 Å². The lowest BCUT2D eigenvalue weighted by atomic mass is 10.1. The normalized spacial score (nSPS) is 10.8. The number of carbonyl (C=O) groups excluding carboxylic acids is 2. The third kappa shape index (κ3) is 5.21. The Kier molecular flexibility index (Phi) is 6.51. The third-order valence-corrected chi connectivity index (χ3v) is 3.55. The van der Waals surface area contributed by atoms with Crippen molar-refractivity contribution in [2.45, 2.75) is 0 Å². The van der Waals surface area contributed by atoms with E-state index >= 15 is 0 Å². The van der Waals surface area contributed by atoms with E-state index in [0.717, 1.165) is 10.0 Å². The highest BCUT2D eigenvalue weighted by molar-refractivity contribution is 9.10. The molecule has 4 nitrogen and oxygen atoms in total. The fourth-order valence-corrected chi connectivity index (χ4v) is 2.13. The maximum atomic E-state index is 12.3. The molecule has 1 amide bonds. The van der Waals surface area contributed by atoms with Gasteiger partial charge in [0.05, 0.1) is 0 Å². The molecule has 0 aliphatic heterocycles. The van der Waals surface area contributed by atoms with E-state index in [4.69, 9.17) is 4.74 Å². The summed E-state index contributed by atoms with van der Waals surface area (Å²) in [4.78, 5) is 24.5. The van der Waals surface area contributed by atoms with Crippen LogP contribution in [0.15, 0.2) is 77.4 Å². The van der Waals surface area contributed by atoms with Crippen LogP contribution < -0.4 is 5.32 Å². The van der Waals surface area contributed by atoms with Crippen molar-refractivity contribution in [3.63, 3.8) is 0 Å². The van der Waals surface area contributed by atoms with Crippen molar-refractivity contribution in [3.8, 4) is 0 Å². The van der Waals surface area contributed by atoms with Crippen LogP contribution in [0.2, 0.25) is 0 Å². The van der Waals surface area contributed by atoms with Gasteiger partial charge >= 0.3 is 5.97 Å². The predicted octanol–water partition coefficient (Wildman–Crippen LogP) is 3.95. The number of hydrogen-bond acceptors (Lipinski definition) is 3. The molecule has 0 aromatic heterocycles. The molecule has 0 unspecified atom stereocenters. The Morgan fingerprint density at radius 2 is 1.75 bits per heavy atom. The van der Waals surface area contributed by atoms with E-state index in [2.05, 4.69) is 27.8 Å². The van der Waals surface area contributed by atoms with E-state index in [1.165, 1.54) is 6.08 Å². The smallest absolute Gasteiger partial charge is 0.355 e. The van der Waals surface area contributed by atoms with Crippen LogP contribution in [0.1, 0.15) is 15.9 Å². The van der Waals surface area contributed by atoms with Gasteiger partial charge in [-0.15, -0.1) is 0 Å². The molecule has 2 aromatic carbocycles. The molecule has 0 fully saturated rings. The number of amides is 1. The standard InChI is InChI=1S/C19H16BrNO3/c1-2-12-24-19(23)17(13-14-6-4-3-5-7-14)21-18(22)15-8-10-16(20)11-9-15/h2-11,13H,1,12H2,(H,21,22)/b17-13+. The highest BCUT2D eigenvalue weighted by atomic mass is 79.9. The molecule has 0 saturated heterocycles. The quantitative estimate of drug-likeness (QED) is 0.465. The molecular formula is C19H16BrNO3. The van der Waals surface area contributed by atoms with Gasteiger partial charge < -0.3 is 10.1 Å². The van der Waals surface area contributed by atoms with Crippen molar-refractivity contribution in [2.24, 2.45) is 0 Å². The van der Waals surface area contributed by atoms with Gasteiger partial charge in [-0.25, -0.2) is 4.79 Å². The maximum Gasteiger partial charge on any atom is 0.355 e. The second kappa shape index (κ2) is 8.84. The lowest BCUT2D eigenvalue weighted by Crippen LogP contribution is -2.28. The first-order chi connectivity index (χ1) is 11.6. The molecule has 0 radical (unpaired) electrons. The van der Waals surface area contributed by atoms with Crippen LogP contribution in [0, 0.1) is 0 Å². The van der Waals surface area contributed by atoms with E-state index in [0.29, 0.717) is 5.56 Å². The summed E-state index contributed by atoms with van der Waals surface area (Å²) in [5.41, 5.74) is 1.28. The van der Waals surface area contributed by atoms with Gasteiger partial charge in [-0.2, -0.15) is 0 Å². The molecule has 5 heteroatoms. The monoisotopic (exact) mass is 385 g/mol. The van der Waals surface area contributed by atoms with Crippen LogP contribution in [0.3, 0.4) is 0 Å². The highest BCUT2D eigenvalue weighted by Crippen LogP contribution is 2.12. The molecule has 0 atom stereocenters. The number of ether oxygens (including phenoxy) is 1. The number of benzene rings is 2. The van der Waals surface area contributed by atoms with E-state index in [-0.39, 0.29) is 18.2 Å². The summed E-state index contributed by atoms with van der Waals surface area (Å²) in [6, 6.07) is 16.0. The molecule has 24 heavy (non-hydrogen) atoms. The van der Waals surface area contributed by atoms with E-state index < -0.39 is 5.97 Å². The van der Waals surface area contributed by atoms with Crippen molar-refractivity contribution in [3.05, 3.63) is 88.5 Å². The lowest BCUT2D eigenvalue weighted by molar-refractivity contribution is -0.138. The molecule has 122 valence electrons. The number of carbonyl (C=O) groups is 2. The molecular weight excluding hydrogens is 370 g/mol. The van der Waals surface area contributed by atoms with Gasteiger partial charge in [0.15, 0.2) is 0 Å². The summed E-state index contributed by atoms with van der Waals surface area (Å²) >= 11 is 3.31. The topological polar surface area (TPSA) is 55.4 Å². The summed E-state index contributed by atoms with van der Waals surface area (Å²) in [6.45, 7) is 3.57. The van der Waals surface area contributed by atoms with Crippen LogP contribution >= 0.6 is 15.9 Å². The summed E-state index contributed by atoms with van der Waals surface area (Å²) < 4.78 is 5.90. The Hall–Kier alpha value is -2.66. The first-order valence-corrected chi connectivity index (χ1v) is 8.01. The molecule has 2 aromatic rings. The zero-order chi connectivity index (χ0) is 17.4. The van der Waals surface area contributed by atoms with Gasteiger partial charge in [-0.3, -0.25) is 4.79 Å². The van der Waals surface area contributed by atoms with Gasteiger partial charge in [0.25, 0.3) is 5.91 Å². The molecule has 1 N–H and O–H groups in total. The summed E-state index contributed by atoms with van der Waals surface area (Å²) in [5, 5.41) is 2.61. The van der Waals surface area contributed by atoms with E-state index in [9.17, 15) is 9.59 Å². The SMILES string of the molecule is C=CCOC(=O)/C(=C\c1ccccc1)NC(=O)c1ccc(Br)cc1. The number of nitrogens with one attached hydrogen (secondary N) is 1. The summed E-state index contributed by atoms with van der Waals surface area (Å²) in [7, 11) is 0. The van der Waals surface area contributed by atoms with Crippen molar-refractivity contribution in [2.75, 3.05) is 6.61 Å². The van der Waals surface area contributed by atoms with Gasteiger partial charge in [0.2, 0.25) is 0 Å². The van der Waals surface area contributed by atoms with Crippen molar-refractivity contribution in [1.82, 2.24) is 5.32 Å². The van der Waals surface area contributed by atoms with Gasteiger partial charge in [0.1, 0.15) is 12.3 Å². The average Bonchev–Trinajstić information content (AvgIpc) is 2.60. The molecule has 0 heterocycles. The Bertz CT molecular complexity index is 752. The average molecular weight is 386 g/mol. The molecule has 0 bridgehead atoms. The predicted molar refractivity (Wildman–Crippen MR) is 97.2 cm³/mol. The Morgan fingerprint density at radius 1 is 1.08 bits per heavy atom.